The Labute approximate surface area is 124 Å². The number of anilines is 2. The predicted octanol–water partition coefficient (Wildman–Crippen LogP) is 2.24. The Balaban J connectivity index is 2.08. The molecular weight excluding hydrogens is 268 g/mol. The Bertz CT molecular complexity index is 561. The van der Waals surface area contributed by atoms with E-state index in [1.165, 1.54) is 6.33 Å². The van der Waals surface area contributed by atoms with Crippen LogP contribution in [-0.4, -0.2) is 33.2 Å². The summed E-state index contributed by atoms with van der Waals surface area (Å²) in [4.78, 5) is 13.1. The lowest BCUT2D eigenvalue weighted by Crippen LogP contribution is -2.19. The molecule has 0 spiro atoms. The maximum atomic E-state index is 4.97. The Hall–Kier alpha value is -2.18. The maximum absolute atomic E-state index is 4.97. The van der Waals surface area contributed by atoms with Crippen LogP contribution in [-0.2, 0) is 11.8 Å². The van der Waals surface area contributed by atoms with E-state index in [1.807, 2.05) is 13.0 Å². The van der Waals surface area contributed by atoms with Gasteiger partial charge in [-0.05, 0) is 6.92 Å². The molecule has 0 saturated heterocycles. The molecule has 0 radical (unpaired) electrons. The molecule has 0 aromatic carbocycles. The van der Waals surface area contributed by atoms with Crippen LogP contribution in [0.2, 0.25) is 0 Å². The number of nitrogens with zero attached hydrogens (tertiary/aromatic N) is 4. The van der Waals surface area contributed by atoms with Gasteiger partial charge in [-0.25, -0.2) is 9.97 Å². The Morgan fingerprint density at radius 2 is 1.86 bits per heavy atom. The van der Waals surface area contributed by atoms with Crippen molar-refractivity contribution >= 4 is 11.6 Å². The molecule has 2 aromatic rings. The number of nitrogens with one attached hydrogen (secondary N) is 2. The van der Waals surface area contributed by atoms with E-state index in [4.69, 9.17) is 4.52 Å². The minimum atomic E-state index is -0.103. The lowest BCUT2D eigenvalue weighted by atomic mass is 9.96. The van der Waals surface area contributed by atoms with Crippen LogP contribution in [0, 0.1) is 0 Å². The highest BCUT2D eigenvalue weighted by molar-refractivity contribution is 5.48. The number of hydrogen-bond donors (Lipinski definition) is 2. The molecule has 0 fully saturated rings. The summed E-state index contributed by atoms with van der Waals surface area (Å²) in [5, 5.41) is 10.1. The van der Waals surface area contributed by atoms with E-state index in [0.717, 1.165) is 24.0 Å². The molecule has 2 N–H and O–H groups in total. The van der Waals surface area contributed by atoms with Crippen molar-refractivity contribution in [3.63, 3.8) is 0 Å². The minimum Gasteiger partial charge on any atom is -0.370 e. The number of aromatic nitrogens is 4. The smallest absolute Gasteiger partial charge is 0.228 e. The number of hydrogen-bond acceptors (Lipinski definition) is 7. The van der Waals surface area contributed by atoms with E-state index < -0.39 is 0 Å². The molecule has 0 amide bonds. The fraction of sp³-hybridized carbons (Fsp3) is 0.571. The lowest BCUT2D eigenvalue weighted by Gasteiger charge is -2.19. The monoisotopic (exact) mass is 290 g/mol. The van der Waals surface area contributed by atoms with Crippen LogP contribution in [0.5, 0.6) is 0 Å². The predicted molar refractivity (Wildman–Crippen MR) is 81.4 cm³/mol. The van der Waals surface area contributed by atoms with Crippen molar-refractivity contribution in [2.45, 2.75) is 39.5 Å². The first-order valence-corrected chi connectivity index (χ1v) is 7.12. The summed E-state index contributed by atoms with van der Waals surface area (Å²) in [6, 6.07) is 1.91. The van der Waals surface area contributed by atoms with Crippen LogP contribution >= 0.6 is 0 Å². The normalized spacial score (nSPS) is 11.4. The SMILES string of the molecule is CCNc1cc(NCCc2ncno2)nc(C(C)(C)C)n1. The molecule has 0 aliphatic rings. The fourth-order valence-electron chi connectivity index (χ4n) is 1.75. The average molecular weight is 290 g/mol. The summed E-state index contributed by atoms with van der Waals surface area (Å²) >= 11 is 0. The summed E-state index contributed by atoms with van der Waals surface area (Å²) in [5.74, 6) is 3.05. The van der Waals surface area contributed by atoms with Gasteiger partial charge in [0.05, 0.1) is 0 Å². The molecule has 0 aliphatic heterocycles. The van der Waals surface area contributed by atoms with Gasteiger partial charge in [0.25, 0.3) is 0 Å². The molecule has 0 atom stereocenters. The highest BCUT2D eigenvalue weighted by Gasteiger charge is 2.19. The van der Waals surface area contributed by atoms with Crippen molar-refractivity contribution in [3.05, 3.63) is 24.1 Å². The summed E-state index contributed by atoms with van der Waals surface area (Å²) in [7, 11) is 0. The lowest BCUT2D eigenvalue weighted by molar-refractivity contribution is 0.379. The van der Waals surface area contributed by atoms with E-state index in [9.17, 15) is 0 Å². The zero-order chi connectivity index (χ0) is 15.3. The second-order valence-electron chi connectivity index (χ2n) is 5.75. The molecule has 0 saturated carbocycles. The van der Waals surface area contributed by atoms with Crippen LogP contribution < -0.4 is 10.6 Å². The topological polar surface area (TPSA) is 88.8 Å². The minimum absolute atomic E-state index is 0.103. The second-order valence-corrected chi connectivity index (χ2v) is 5.75. The van der Waals surface area contributed by atoms with E-state index in [1.54, 1.807) is 0 Å². The quantitative estimate of drug-likeness (QED) is 0.843. The van der Waals surface area contributed by atoms with E-state index >= 15 is 0 Å². The zero-order valence-electron chi connectivity index (χ0n) is 13.0. The first kappa shape index (κ1) is 15.2. The van der Waals surface area contributed by atoms with Crippen molar-refractivity contribution in [2.75, 3.05) is 23.7 Å². The van der Waals surface area contributed by atoms with Gasteiger partial charge >= 0.3 is 0 Å². The largest absolute Gasteiger partial charge is 0.370 e. The molecule has 0 aliphatic carbocycles. The molecule has 21 heavy (non-hydrogen) atoms. The van der Waals surface area contributed by atoms with Crippen LogP contribution in [0.4, 0.5) is 11.6 Å². The average Bonchev–Trinajstić information content (AvgIpc) is 2.91. The van der Waals surface area contributed by atoms with Gasteiger partial charge in [0.2, 0.25) is 5.89 Å². The van der Waals surface area contributed by atoms with Gasteiger partial charge in [-0.15, -0.1) is 0 Å². The molecule has 0 bridgehead atoms. The molecule has 114 valence electrons. The highest BCUT2D eigenvalue weighted by Crippen LogP contribution is 2.22. The van der Waals surface area contributed by atoms with E-state index in [-0.39, 0.29) is 5.41 Å². The van der Waals surface area contributed by atoms with Gasteiger partial charge in [0.1, 0.15) is 17.5 Å². The van der Waals surface area contributed by atoms with Crippen molar-refractivity contribution in [1.29, 1.82) is 0 Å². The third-order valence-electron chi connectivity index (χ3n) is 2.81. The maximum Gasteiger partial charge on any atom is 0.228 e. The Morgan fingerprint density at radius 1 is 1.14 bits per heavy atom. The molecule has 7 heteroatoms. The molecular formula is C14H22N6O. The van der Waals surface area contributed by atoms with Gasteiger partial charge in [-0.3, -0.25) is 0 Å². The first-order valence-electron chi connectivity index (χ1n) is 7.12. The third-order valence-corrected chi connectivity index (χ3v) is 2.81. The van der Waals surface area contributed by atoms with Gasteiger partial charge in [-0.2, -0.15) is 4.98 Å². The second kappa shape index (κ2) is 6.51. The van der Waals surface area contributed by atoms with Crippen molar-refractivity contribution in [1.82, 2.24) is 20.1 Å². The van der Waals surface area contributed by atoms with E-state index in [0.29, 0.717) is 18.9 Å². The fourth-order valence-corrected chi connectivity index (χ4v) is 1.75. The van der Waals surface area contributed by atoms with Crippen LogP contribution in [0.1, 0.15) is 39.4 Å². The van der Waals surface area contributed by atoms with Crippen molar-refractivity contribution in [2.24, 2.45) is 0 Å². The highest BCUT2D eigenvalue weighted by atomic mass is 16.5. The van der Waals surface area contributed by atoms with E-state index in [2.05, 4.69) is 51.5 Å². The van der Waals surface area contributed by atoms with Gasteiger partial charge in [0, 0.05) is 31.0 Å². The first-order chi connectivity index (χ1) is 9.99. The summed E-state index contributed by atoms with van der Waals surface area (Å²) in [6.07, 6.45) is 2.06. The number of rotatable bonds is 6. The Kier molecular flexibility index (Phi) is 4.72. The summed E-state index contributed by atoms with van der Waals surface area (Å²) in [5.41, 5.74) is -0.103. The van der Waals surface area contributed by atoms with Gasteiger partial charge < -0.3 is 15.2 Å². The summed E-state index contributed by atoms with van der Waals surface area (Å²) in [6.45, 7) is 9.83. The van der Waals surface area contributed by atoms with Gasteiger partial charge in [-0.1, -0.05) is 25.9 Å². The molecule has 2 heterocycles. The standard InChI is InChI=1S/C14H22N6O/c1-5-15-10-8-11(20-13(19-10)14(2,3)4)16-7-6-12-17-9-18-21-12/h8-9H,5-7H2,1-4H3,(H2,15,16,19,20). The molecule has 2 rings (SSSR count). The molecule has 7 nitrogen and oxygen atoms in total. The third kappa shape index (κ3) is 4.40. The van der Waals surface area contributed by atoms with Crippen molar-refractivity contribution < 1.29 is 4.52 Å². The molecule has 2 aromatic heterocycles. The molecule has 0 unspecified atom stereocenters. The Morgan fingerprint density at radius 3 is 2.43 bits per heavy atom. The summed E-state index contributed by atoms with van der Waals surface area (Å²) < 4.78 is 4.97. The van der Waals surface area contributed by atoms with Crippen LogP contribution in [0.3, 0.4) is 0 Å². The van der Waals surface area contributed by atoms with Crippen LogP contribution in [0.25, 0.3) is 0 Å². The van der Waals surface area contributed by atoms with Crippen molar-refractivity contribution in [3.8, 4) is 0 Å². The van der Waals surface area contributed by atoms with Crippen LogP contribution in [0.15, 0.2) is 16.9 Å². The van der Waals surface area contributed by atoms with Gasteiger partial charge in [0.15, 0.2) is 6.33 Å². The zero-order valence-corrected chi connectivity index (χ0v) is 13.0.